The third-order valence-electron chi connectivity index (χ3n) is 5.72. The van der Waals surface area contributed by atoms with E-state index in [2.05, 4.69) is 30.8 Å². The minimum Gasteiger partial charge on any atom is -0.493 e. The van der Waals surface area contributed by atoms with Gasteiger partial charge in [0.05, 0.1) is 12.2 Å². The number of carbonyl (C=O) groups is 1. The van der Waals surface area contributed by atoms with Crippen LogP contribution in [0.2, 0.25) is 0 Å². The molecule has 10 heteroatoms. The largest absolute Gasteiger partial charge is 0.493 e. The lowest BCUT2D eigenvalue weighted by Crippen LogP contribution is -2.45. The molecule has 1 amide bonds. The molecule has 1 fully saturated rings. The van der Waals surface area contributed by atoms with Gasteiger partial charge in [-0.15, -0.1) is 10.2 Å². The van der Waals surface area contributed by atoms with Gasteiger partial charge >= 0.3 is 0 Å². The van der Waals surface area contributed by atoms with E-state index < -0.39 is 10.8 Å². The third kappa shape index (κ3) is 6.23. The summed E-state index contributed by atoms with van der Waals surface area (Å²) < 4.78 is 17.5. The second-order valence-electron chi connectivity index (χ2n) is 8.00. The number of hydrogen-bond donors (Lipinski definition) is 2. The number of nitrogens with zero attached hydrogens (tertiary/aromatic N) is 4. The van der Waals surface area contributed by atoms with Crippen LogP contribution in [0.1, 0.15) is 29.6 Å². The molecule has 1 atom stereocenters. The summed E-state index contributed by atoms with van der Waals surface area (Å²) in [6.07, 6.45) is 4.38. The maximum Gasteiger partial charge on any atom is 0.251 e. The van der Waals surface area contributed by atoms with E-state index in [0.29, 0.717) is 18.0 Å². The predicted molar refractivity (Wildman–Crippen MR) is 125 cm³/mol. The molecule has 2 heterocycles. The van der Waals surface area contributed by atoms with Gasteiger partial charge in [0, 0.05) is 53.2 Å². The maximum absolute atomic E-state index is 12.5. The van der Waals surface area contributed by atoms with E-state index in [1.165, 1.54) is 0 Å². The minimum atomic E-state index is -1.04. The Labute approximate surface area is 195 Å². The Morgan fingerprint density at radius 2 is 1.94 bits per heavy atom. The van der Waals surface area contributed by atoms with Crippen LogP contribution in [-0.2, 0) is 10.8 Å². The first-order valence-corrected chi connectivity index (χ1v) is 12.6. The Bertz CT molecular complexity index is 1070. The van der Waals surface area contributed by atoms with E-state index >= 15 is 0 Å². The number of benzene rings is 2. The molecule has 0 saturated carbocycles. The van der Waals surface area contributed by atoms with Crippen LogP contribution in [0.15, 0.2) is 53.4 Å². The zero-order valence-electron chi connectivity index (χ0n) is 18.6. The number of hydrogen-bond acceptors (Lipinski definition) is 7. The number of piperidine rings is 1. The highest BCUT2D eigenvalue weighted by atomic mass is 32.2. The molecule has 1 unspecified atom stereocenters. The topological polar surface area (TPSA) is 113 Å². The SMILES string of the molecule is CS(=O)c1ccc(C(=O)NC2CCN(CCCOc3ccccc3-c3nn[nH]n3)CC2)cc1. The molecule has 4 rings (SSSR count). The van der Waals surface area contributed by atoms with E-state index in [9.17, 15) is 9.00 Å². The number of carbonyl (C=O) groups excluding carboxylic acids is 1. The Kier molecular flexibility index (Phi) is 7.79. The number of tetrazole rings is 1. The van der Waals surface area contributed by atoms with E-state index in [1.54, 1.807) is 30.5 Å². The zero-order valence-corrected chi connectivity index (χ0v) is 19.4. The van der Waals surface area contributed by atoms with Crippen molar-refractivity contribution < 1.29 is 13.7 Å². The van der Waals surface area contributed by atoms with Crippen LogP contribution in [0.25, 0.3) is 11.4 Å². The van der Waals surface area contributed by atoms with Crippen molar-refractivity contribution in [1.29, 1.82) is 0 Å². The quantitative estimate of drug-likeness (QED) is 0.463. The standard InChI is InChI=1S/C23H28N6O3S/c1-33(31)19-9-7-17(8-10-19)23(30)24-18-11-14-29(15-12-18)13-4-16-32-21-6-3-2-5-20(21)22-25-27-28-26-22/h2-3,5-10,18H,4,11-16H2,1H3,(H,24,30)(H,25,26,27,28). The van der Waals surface area contributed by atoms with Gasteiger partial charge in [-0.05, 0) is 60.9 Å². The fraction of sp³-hybridized carbons (Fsp3) is 0.391. The van der Waals surface area contributed by atoms with Crippen molar-refractivity contribution in [3.05, 3.63) is 54.1 Å². The number of rotatable bonds is 9. The van der Waals surface area contributed by atoms with Gasteiger partial charge in [0.1, 0.15) is 5.75 Å². The monoisotopic (exact) mass is 468 g/mol. The number of para-hydroxylation sites is 1. The van der Waals surface area contributed by atoms with Crippen LogP contribution in [-0.4, -0.2) is 74.2 Å². The maximum atomic E-state index is 12.5. The first-order chi connectivity index (χ1) is 16.1. The molecule has 2 aromatic carbocycles. The Balaban J connectivity index is 1.17. The molecule has 3 aromatic rings. The van der Waals surface area contributed by atoms with Crippen molar-refractivity contribution in [2.24, 2.45) is 0 Å². The molecule has 1 aliphatic heterocycles. The van der Waals surface area contributed by atoms with Crippen molar-refractivity contribution in [2.45, 2.75) is 30.2 Å². The number of nitrogens with one attached hydrogen (secondary N) is 2. The molecule has 33 heavy (non-hydrogen) atoms. The molecule has 9 nitrogen and oxygen atoms in total. The molecule has 2 N–H and O–H groups in total. The van der Waals surface area contributed by atoms with Gasteiger partial charge < -0.3 is 15.0 Å². The number of ether oxygens (including phenoxy) is 1. The van der Waals surface area contributed by atoms with Gasteiger partial charge in [-0.1, -0.05) is 12.1 Å². The Morgan fingerprint density at radius 1 is 1.18 bits per heavy atom. The van der Waals surface area contributed by atoms with Crippen LogP contribution in [0.3, 0.4) is 0 Å². The predicted octanol–water partition coefficient (Wildman–Crippen LogP) is 2.27. The fourth-order valence-corrected chi connectivity index (χ4v) is 4.41. The van der Waals surface area contributed by atoms with Gasteiger partial charge in [0.15, 0.2) is 0 Å². The zero-order chi connectivity index (χ0) is 23.0. The second-order valence-corrected chi connectivity index (χ2v) is 9.38. The summed E-state index contributed by atoms with van der Waals surface area (Å²) in [5.74, 6) is 1.19. The van der Waals surface area contributed by atoms with Crippen LogP contribution in [0.4, 0.5) is 0 Å². The van der Waals surface area contributed by atoms with Gasteiger partial charge in [0.25, 0.3) is 5.91 Å². The summed E-state index contributed by atoms with van der Waals surface area (Å²) in [7, 11) is -1.04. The van der Waals surface area contributed by atoms with Gasteiger partial charge in [-0.25, -0.2) is 0 Å². The average molecular weight is 469 g/mol. The lowest BCUT2D eigenvalue weighted by Gasteiger charge is -2.32. The summed E-state index contributed by atoms with van der Waals surface area (Å²) in [6, 6.07) is 14.8. The second kappa shape index (κ2) is 11.2. The van der Waals surface area contributed by atoms with Crippen molar-refractivity contribution in [3.63, 3.8) is 0 Å². The van der Waals surface area contributed by atoms with Gasteiger partial charge in [-0.3, -0.25) is 9.00 Å². The van der Waals surface area contributed by atoms with Crippen LogP contribution in [0, 0.1) is 0 Å². The minimum absolute atomic E-state index is 0.0736. The number of amides is 1. The normalized spacial score (nSPS) is 15.8. The molecule has 1 saturated heterocycles. The number of aromatic nitrogens is 4. The van der Waals surface area contributed by atoms with Crippen molar-refractivity contribution in [3.8, 4) is 17.1 Å². The lowest BCUT2D eigenvalue weighted by molar-refractivity contribution is 0.0909. The van der Waals surface area contributed by atoms with E-state index in [-0.39, 0.29) is 11.9 Å². The Morgan fingerprint density at radius 3 is 2.64 bits per heavy atom. The van der Waals surface area contributed by atoms with Gasteiger partial charge in [0.2, 0.25) is 5.82 Å². The first kappa shape index (κ1) is 23.1. The van der Waals surface area contributed by atoms with Gasteiger partial charge in [-0.2, -0.15) is 5.21 Å². The fourth-order valence-electron chi connectivity index (χ4n) is 3.89. The van der Waals surface area contributed by atoms with E-state index in [0.717, 1.165) is 55.1 Å². The van der Waals surface area contributed by atoms with Crippen LogP contribution in [0.5, 0.6) is 5.75 Å². The summed E-state index contributed by atoms with van der Waals surface area (Å²) >= 11 is 0. The molecule has 0 radical (unpaired) electrons. The van der Waals surface area contributed by atoms with Crippen molar-refractivity contribution in [2.75, 3.05) is 32.5 Å². The highest BCUT2D eigenvalue weighted by Crippen LogP contribution is 2.26. The van der Waals surface area contributed by atoms with Crippen molar-refractivity contribution in [1.82, 2.24) is 30.8 Å². The molecular formula is C23H28N6O3S. The summed E-state index contributed by atoms with van der Waals surface area (Å²) in [4.78, 5) is 15.6. The highest BCUT2D eigenvalue weighted by molar-refractivity contribution is 7.84. The van der Waals surface area contributed by atoms with Crippen LogP contribution >= 0.6 is 0 Å². The summed E-state index contributed by atoms with van der Waals surface area (Å²) in [6.45, 7) is 3.43. The van der Waals surface area contributed by atoms with Crippen LogP contribution < -0.4 is 10.1 Å². The molecule has 0 spiro atoms. The molecule has 0 aliphatic carbocycles. The molecular weight excluding hydrogens is 440 g/mol. The van der Waals surface area contributed by atoms with Crippen molar-refractivity contribution >= 4 is 16.7 Å². The molecule has 1 aliphatic rings. The summed E-state index contributed by atoms with van der Waals surface area (Å²) in [5, 5.41) is 17.3. The third-order valence-corrected chi connectivity index (χ3v) is 6.66. The summed E-state index contributed by atoms with van der Waals surface area (Å²) in [5.41, 5.74) is 1.42. The average Bonchev–Trinajstić information content (AvgIpc) is 3.38. The highest BCUT2D eigenvalue weighted by Gasteiger charge is 2.21. The first-order valence-electron chi connectivity index (χ1n) is 11.0. The van der Waals surface area contributed by atoms with E-state index in [1.807, 2.05) is 24.3 Å². The molecule has 174 valence electrons. The molecule has 0 bridgehead atoms. The number of aromatic amines is 1. The number of H-pyrrole nitrogens is 1. The smallest absolute Gasteiger partial charge is 0.251 e. The van der Waals surface area contributed by atoms with E-state index in [4.69, 9.17) is 4.74 Å². The molecule has 1 aromatic heterocycles. The number of likely N-dealkylation sites (tertiary alicyclic amines) is 1. The lowest BCUT2D eigenvalue weighted by atomic mass is 10.0. The Hall–Kier alpha value is -3.11.